The maximum absolute atomic E-state index is 14.3. The van der Waals surface area contributed by atoms with Gasteiger partial charge in [0, 0.05) is 72.4 Å². The van der Waals surface area contributed by atoms with Crippen molar-refractivity contribution in [1.29, 1.82) is 0 Å². The number of aromatic amines is 1. The number of carbonyl (C=O) groups is 3. The molecule has 0 spiro atoms. The van der Waals surface area contributed by atoms with Crippen molar-refractivity contribution in [3.8, 4) is 0 Å². The molecule has 3 atom stereocenters. The van der Waals surface area contributed by atoms with E-state index in [1.807, 2.05) is 24.3 Å². The van der Waals surface area contributed by atoms with Gasteiger partial charge >= 0.3 is 0 Å². The number of nitrogens with one attached hydrogen (secondary N) is 3. The number of halogens is 2. The van der Waals surface area contributed by atoms with Crippen LogP contribution in [0.4, 0.5) is 20.2 Å². The zero-order chi connectivity index (χ0) is 33.9. The number of rotatable bonds is 7. The van der Waals surface area contributed by atoms with Crippen molar-refractivity contribution in [1.82, 2.24) is 25.4 Å². The van der Waals surface area contributed by atoms with Crippen molar-refractivity contribution in [2.24, 2.45) is 17.3 Å². The molecule has 1 unspecified atom stereocenters. The van der Waals surface area contributed by atoms with Crippen molar-refractivity contribution >= 4 is 29.1 Å². The predicted octanol–water partition coefficient (Wildman–Crippen LogP) is 5.04. The smallest absolute Gasteiger partial charge is 0.276 e. The Morgan fingerprint density at radius 2 is 1.76 bits per heavy atom. The van der Waals surface area contributed by atoms with Crippen molar-refractivity contribution in [3.05, 3.63) is 70.8 Å². The van der Waals surface area contributed by atoms with Crippen molar-refractivity contribution < 1.29 is 23.2 Å². The van der Waals surface area contributed by atoms with E-state index in [4.69, 9.17) is 0 Å². The van der Waals surface area contributed by atoms with Crippen molar-refractivity contribution in [2.75, 3.05) is 42.9 Å². The number of pyridine rings is 1. The number of carbonyl (C=O) groups excluding carboxylic acids is 3. The maximum Gasteiger partial charge on any atom is 0.276 e. The van der Waals surface area contributed by atoms with E-state index in [1.54, 1.807) is 13.1 Å². The van der Waals surface area contributed by atoms with Crippen LogP contribution in [0.1, 0.15) is 90.3 Å². The molecule has 258 valence electrons. The highest BCUT2D eigenvalue weighted by molar-refractivity contribution is 6.04. The summed E-state index contributed by atoms with van der Waals surface area (Å²) in [6, 6.07) is 12.1. The molecule has 5 aliphatic rings. The molecule has 3 amide bonds. The first kappa shape index (κ1) is 32.0. The van der Waals surface area contributed by atoms with E-state index in [0.717, 1.165) is 69.7 Å². The topological polar surface area (TPSA) is 123 Å². The van der Waals surface area contributed by atoms with Gasteiger partial charge < -0.3 is 15.1 Å². The van der Waals surface area contributed by atoms with Crippen LogP contribution >= 0.6 is 0 Å². The summed E-state index contributed by atoms with van der Waals surface area (Å²) in [6.45, 7) is 6.84. The number of H-pyrrole nitrogens is 1. The number of aromatic nitrogens is 3. The lowest BCUT2D eigenvalue weighted by molar-refractivity contribution is -0.134. The normalized spacial score (nSPS) is 27.3. The zero-order valence-corrected chi connectivity index (χ0v) is 27.8. The Hall–Kier alpha value is -4.19. The van der Waals surface area contributed by atoms with Gasteiger partial charge in [0.05, 0.1) is 17.8 Å². The Balaban J connectivity index is 0.778. The van der Waals surface area contributed by atoms with E-state index in [0.29, 0.717) is 41.6 Å². The van der Waals surface area contributed by atoms with Crippen LogP contribution in [0.25, 0.3) is 0 Å². The molecule has 3 saturated heterocycles. The first-order valence-electron chi connectivity index (χ1n) is 17.7. The van der Waals surface area contributed by atoms with Crippen LogP contribution in [0.2, 0.25) is 0 Å². The molecule has 3 aliphatic heterocycles. The summed E-state index contributed by atoms with van der Waals surface area (Å²) in [5, 5.41) is 12.3. The fourth-order valence-electron chi connectivity index (χ4n) is 8.79. The second kappa shape index (κ2) is 12.3. The quantitative estimate of drug-likeness (QED) is 0.301. The van der Waals surface area contributed by atoms with Gasteiger partial charge in [0.25, 0.3) is 11.8 Å². The molecular weight excluding hydrogens is 628 g/mol. The molecule has 49 heavy (non-hydrogen) atoms. The summed E-state index contributed by atoms with van der Waals surface area (Å²) in [5.41, 5.74) is 4.16. The molecule has 0 bridgehead atoms. The van der Waals surface area contributed by atoms with Crippen LogP contribution in [0.15, 0.2) is 42.6 Å². The van der Waals surface area contributed by atoms with Crippen LogP contribution in [0, 0.1) is 17.3 Å². The molecular formula is C37H43F2N7O3. The minimum atomic E-state index is -2.70. The van der Waals surface area contributed by atoms with E-state index in [1.165, 1.54) is 5.69 Å². The predicted molar refractivity (Wildman–Crippen MR) is 180 cm³/mol. The van der Waals surface area contributed by atoms with Crippen LogP contribution in [0.3, 0.4) is 0 Å². The second-order valence-corrected chi connectivity index (χ2v) is 15.0. The fraction of sp³-hybridized carbons (Fsp3) is 0.541. The molecule has 4 fully saturated rings. The fourth-order valence-corrected chi connectivity index (χ4v) is 8.79. The third kappa shape index (κ3) is 5.91. The average molecular weight is 672 g/mol. The molecule has 10 nitrogen and oxygen atoms in total. The Kier molecular flexibility index (Phi) is 8.04. The highest BCUT2D eigenvalue weighted by Gasteiger charge is 2.78. The third-order valence-electron chi connectivity index (χ3n) is 12.1. The molecule has 8 rings (SSSR count). The number of alkyl halides is 2. The van der Waals surface area contributed by atoms with Gasteiger partial charge in [-0.3, -0.25) is 29.8 Å². The summed E-state index contributed by atoms with van der Waals surface area (Å²) < 4.78 is 28.6. The highest BCUT2D eigenvalue weighted by atomic mass is 19.3. The number of imide groups is 1. The van der Waals surface area contributed by atoms with Gasteiger partial charge in [0.1, 0.15) is 0 Å². The molecule has 3 aromatic rings. The molecule has 2 aliphatic carbocycles. The number of fused-ring (bicyclic) bond motifs is 2. The van der Waals surface area contributed by atoms with E-state index < -0.39 is 23.2 Å². The van der Waals surface area contributed by atoms with Gasteiger partial charge in [-0.25, -0.2) is 8.78 Å². The summed E-state index contributed by atoms with van der Waals surface area (Å²) >= 11 is 0. The van der Waals surface area contributed by atoms with Crippen LogP contribution < -0.4 is 15.5 Å². The number of amides is 3. The van der Waals surface area contributed by atoms with Gasteiger partial charge in [-0.15, -0.1) is 0 Å². The molecule has 3 N–H and O–H groups in total. The van der Waals surface area contributed by atoms with Crippen molar-refractivity contribution in [2.45, 2.75) is 76.0 Å². The zero-order valence-electron chi connectivity index (χ0n) is 27.8. The number of hydrogen-bond donors (Lipinski definition) is 3. The van der Waals surface area contributed by atoms with Gasteiger partial charge in [-0.1, -0.05) is 19.1 Å². The third-order valence-corrected chi connectivity index (χ3v) is 12.1. The van der Waals surface area contributed by atoms with Crippen LogP contribution in [-0.2, 0) is 22.4 Å². The number of nitrogens with zero attached hydrogens (tertiary/aromatic N) is 4. The standard InChI is InChI=1S/C37H43F2N7O3/c1-36-19-30-28(18-31(36)37(36,38)39)33(44-43-30)35(49)41-25-4-8-29(40-20-25)24-12-14-45(15-13-24)21-22-10-16-46(17-11-22)26-5-2-23(3-6-26)27-7-9-32(47)42-34(27)48/h2-6,8,20,22,24,27,31H,7,9-19,21H2,1H3,(H,41,49)(H,43,44)(H,42,47,48)/t27?,31-,36+/m0/s1. The molecule has 1 saturated carbocycles. The first-order chi connectivity index (χ1) is 23.6. The highest BCUT2D eigenvalue weighted by Crippen LogP contribution is 2.70. The largest absolute Gasteiger partial charge is 0.372 e. The number of piperidine rings is 3. The van der Waals surface area contributed by atoms with Crippen LogP contribution in [-0.4, -0.2) is 76.4 Å². The number of benzene rings is 1. The number of anilines is 2. The minimum absolute atomic E-state index is 0.164. The van der Waals surface area contributed by atoms with E-state index in [2.05, 4.69) is 47.7 Å². The van der Waals surface area contributed by atoms with Gasteiger partial charge in [0.2, 0.25) is 11.8 Å². The molecule has 5 heterocycles. The molecule has 12 heteroatoms. The van der Waals surface area contributed by atoms with E-state index in [9.17, 15) is 23.2 Å². The lowest BCUT2D eigenvalue weighted by Crippen LogP contribution is -2.41. The minimum Gasteiger partial charge on any atom is -0.372 e. The van der Waals surface area contributed by atoms with Gasteiger partial charge in [0.15, 0.2) is 5.69 Å². The number of likely N-dealkylation sites (tertiary alicyclic amines) is 1. The Labute approximate surface area is 284 Å². The first-order valence-corrected chi connectivity index (χ1v) is 17.7. The number of hydrogen-bond acceptors (Lipinski definition) is 7. The average Bonchev–Trinajstić information content (AvgIpc) is 3.33. The van der Waals surface area contributed by atoms with E-state index in [-0.39, 0.29) is 36.3 Å². The second-order valence-electron chi connectivity index (χ2n) is 15.0. The van der Waals surface area contributed by atoms with Crippen molar-refractivity contribution in [3.63, 3.8) is 0 Å². The summed E-state index contributed by atoms with van der Waals surface area (Å²) in [4.78, 5) is 46.5. The SMILES string of the molecule is C[C@@]12Cc3[nH]nc(C(=O)Nc4ccc(C5CCN(CC6CCN(c7ccc(C8CCC(=O)NC8=O)cc7)CC6)CC5)nc4)c3C[C@@H]1C2(F)F. The van der Waals surface area contributed by atoms with Gasteiger partial charge in [-0.05, 0) is 87.4 Å². The maximum atomic E-state index is 14.3. The summed E-state index contributed by atoms with van der Waals surface area (Å²) in [5.74, 6) is -3.42. The Morgan fingerprint density at radius 1 is 1.00 bits per heavy atom. The van der Waals surface area contributed by atoms with Gasteiger partial charge in [-0.2, -0.15) is 5.10 Å². The summed E-state index contributed by atoms with van der Waals surface area (Å²) in [6.07, 6.45) is 7.40. The van der Waals surface area contributed by atoms with Crippen LogP contribution in [0.5, 0.6) is 0 Å². The monoisotopic (exact) mass is 671 g/mol. The lowest BCUT2D eigenvalue weighted by atomic mass is 9.87. The summed E-state index contributed by atoms with van der Waals surface area (Å²) in [7, 11) is 0. The Morgan fingerprint density at radius 3 is 2.45 bits per heavy atom. The van der Waals surface area contributed by atoms with E-state index >= 15 is 0 Å². The Bertz CT molecular complexity index is 1740. The molecule has 2 aromatic heterocycles. The molecule has 1 aromatic carbocycles. The lowest BCUT2D eigenvalue weighted by Gasteiger charge is -2.38. The molecule has 0 radical (unpaired) electrons.